The van der Waals surface area contributed by atoms with E-state index in [0.717, 1.165) is 44.3 Å². The van der Waals surface area contributed by atoms with E-state index >= 15 is 0 Å². The lowest BCUT2D eigenvalue weighted by Crippen LogP contribution is -2.02. The minimum atomic E-state index is 0.661. The number of benzene rings is 8. The van der Waals surface area contributed by atoms with Crippen LogP contribution in [0.3, 0.4) is 0 Å². The lowest BCUT2D eigenvalue weighted by atomic mass is 10.0. The van der Waals surface area contributed by atoms with Gasteiger partial charge in [-0.15, -0.1) is 0 Å². The summed E-state index contributed by atoms with van der Waals surface area (Å²) in [7, 11) is 0. The van der Waals surface area contributed by atoms with Crippen LogP contribution in [0.2, 0.25) is 0 Å². The Bertz CT molecular complexity index is 3700. The maximum atomic E-state index is 6.76. The van der Waals surface area contributed by atoms with E-state index in [1.807, 2.05) is 18.2 Å². The van der Waals surface area contributed by atoms with Crippen molar-refractivity contribution in [1.29, 1.82) is 0 Å². The molecule has 0 amide bonds. The summed E-state index contributed by atoms with van der Waals surface area (Å²) in [5.74, 6) is 1.39. The molecule has 0 unspecified atom stereocenters. The van der Waals surface area contributed by atoms with E-state index < -0.39 is 0 Å². The Balaban J connectivity index is 1.27. The van der Waals surface area contributed by atoms with Crippen LogP contribution in [0.5, 0.6) is 0 Å². The Morgan fingerprint density at radius 3 is 1.91 bits per heavy atom. The van der Waals surface area contributed by atoms with Gasteiger partial charge in [0.25, 0.3) is 0 Å². The second-order valence-corrected chi connectivity index (χ2v) is 14.2. The number of furan rings is 1. The molecule has 0 bridgehead atoms. The zero-order valence-corrected chi connectivity index (χ0v) is 28.2. The Morgan fingerprint density at radius 1 is 0.434 bits per heavy atom. The van der Waals surface area contributed by atoms with Gasteiger partial charge >= 0.3 is 0 Å². The maximum Gasteiger partial charge on any atom is 0.197 e. The predicted octanol–water partition coefficient (Wildman–Crippen LogP) is 12.6. The molecule has 0 atom stereocenters. The predicted molar refractivity (Wildman–Crippen MR) is 219 cm³/mol. The van der Waals surface area contributed by atoms with Crippen LogP contribution in [0.1, 0.15) is 0 Å². The molecule has 5 heterocycles. The average molecular weight is 675 g/mol. The first kappa shape index (κ1) is 27.5. The van der Waals surface area contributed by atoms with Gasteiger partial charge < -0.3 is 8.82 Å². The largest absolute Gasteiger partial charge is 0.450 e. The highest BCUT2D eigenvalue weighted by atomic mass is 16.3. The van der Waals surface area contributed by atoms with E-state index in [4.69, 9.17) is 14.4 Å². The SMILES string of the molecule is c1ccc2cc(-c3nc(-n4c5ccccc5c5cc6c7ccccc7n7c8cc9ccccc9cc8c(c54)c67)c4oc5ccccc5c4n3)ccc2c1. The molecule has 0 N–H and O–H groups in total. The summed E-state index contributed by atoms with van der Waals surface area (Å²) >= 11 is 0. The van der Waals surface area contributed by atoms with E-state index in [1.165, 1.54) is 65.0 Å². The molecule has 13 aromatic rings. The molecule has 13 rings (SSSR count). The Kier molecular flexibility index (Phi) is 5.06. The third-order valence-corrected chi connectivity index (χ3v) is 11.4. The Labute approximate surface area is 300 Å². The van der Waals surface area contributed by atoms with Crippen LogP contribution in [0.25, 0.3) is 121 Å². The van der Waals surface area contributed by atoms with Crippen LogP contribution < -0.4 is 0 Å². The molecular formula is C48H26N4O. The highest BCUT2D eigenvalue weighted by Gasteiger charge is 2.27. The van der Waals surface area contributed by atoms with Gasteiger partial charge in [0.05, 0.1) is 27.6 Å². The van der Waals surface area contributed by atoms with Crippen molar-refractivity contribution in [3.8, 4) is 17.2 Å². The van der Waals surface area contributed by atoms with Gasteiger partial charge in [-0.05, 0) is 70.1 Å². The molecular weight excluding hydrogens is 649 g/mol. The first-order valence-corrected chi connectivity index (χ1v) is 18.0. The molecule has 5 nitrogen and oxygen atoms in total. The third-order valence-electron chi connectivity index (χ3n) is 11.4. The van der Waals surface area contributed by atoms with Crippen molar-refractivity contribution in [3.05, 3.63) is 158 Å². The highest BCUT2D eigenvalue weighted by Crippen LogP contribution is 2.48. The van der Waals surface area contributed by atoms with E-state index in [9.17, 15) is 0 Å². The van der Waals surface area contributed by atoms with Crippen molar-refractivity contribution in [2.24, 2.45) is 0 Å². The van der Waals surface area contributed by atoms with Crippen molar-refractivity contribution in [2.45, 2.75) is 0 Å². The molecule has 53 heavy (non-hydrogen) atoms. The molecule has 244 valence electrons. The van der Waals surface area contributed by atoms with Crippen molar-refractivity contribution in [2.75, 3.05) is 0 Å². The monoisotopic (exact) mass is 674 g/mol. The topological polar surface area (TPSA) is 48.3 Å². The van der Waals surface area contributed by atoms with Crippen molar-refractivity contribution in [3.63, 3.8) is 0 Å². The number of fused-ring (bicyclic) bond motifs is 15. The van der Waals surface area contributed by atoms with Gasteiger partial charge in [0.15, 0.2) is 17.2 Å². The highest BCUT2D eigenvalue weighted by molar-refractivity contribution is 6.35. The molecule has 0 aliphatic heterocycles. The first-order chi connectivity index (χ1) is 26.3. The number of aromatic nitrogens is 4. The van der Waals surface area contributed by atoms with Crippen LogP contribution in [-0.4, -0.2) is 18.9 Å². The summed E-state index contributed by atoms with van der Waals surface area (Å²) in [6.07, 6.45) is 0. The Morgan fingerprint density at radius 2 is 1.08 bits per heavy atom. The zero-order valence-electron chi connectivity index (χ0n) is 28.2. The minimum absolute atomic E-state index is 0.661. The first-order valence-electron chi connectivity index (χ1n) is 18.0. The van der Waals surface area contributed by atoms with Gasteiger partial charge in [0, 0.05) is 43.3 Å². The van der Waals surface area contributed by atoms with Crippen molar-refractivity contribution >= 4 is 104 Å². The maximum absolute atomic E-state index is 6.76. The fourth-order valence-corrected chi connectivity index (χ4v) is 9.10. The van der Waals surface area contributed by atoms with Crippen LogP contribution >= 0.6 is 0 Å². The molecule has 0 saturated heterocycles. The molecule has 0 spiro atoms. The fourth-order valence-electron chi connectivity index (χ4n) is 9.10. The average Bonchev–Trinajstić information content (AvgIpc) is 3.95. The quantitative estimate of drug-likeness (QED) is 0.183. The molecule has 0 aliphatic rings. The lowest BCUT2D eigenvalue weighted by molar-refractivity contribution is 0.662. The van der Waals surface area contributed by atoms with Gasteiger partial charge in [-0.25, -0.2) is 9.97 Å². The number of rotatable bonds is 2. The summed E-state index contributed by atoms with van der Waals surface area (Å²) in [6, 6.07) is 56.4. The molecule has 0 saturated carbocycles. The van der Waals surface area contributed by atoms with Crippen LogP contribution in [-0.2, 0) is 0 Å². The van der Waals surface area contributed by atoms with E-state index in [0.29, 0.717) is 11.4 Å². The van der Waals surface area contributed by atoms with Crippen molar-refractivity contribution in [1.82, 2.24) is 18.9 Å². The third kappa shape index (κ3) is 3.51. The van der Waals surface area contributed by atoms with E-state index in [1.54, 1.807) is 0 Å². The number of nitrogens with zero attached hydrogens (tertiary/aromatic N) is 4. The molecule has 0 aliphatic carbocycles. The summed E-state index contributed by atoms with van der Waals surface area (Å²) in [5.41, 5.74) is 9.03. The van der Waals surface area contributed by atoms with Gasteiger partial charge in [-0.3, -0.25) is 4.57 Å². The number of hydrogen-bond acceptors (Lipinski definition) is 3. The second-order valence-electron chi connectivity index (χ2n) is 14.2. The van der Waals surface area contributed by atoms with E-state index in [2.05, 4.69) is 148 Å². The van der Waals surface area contributed by atoms with Gasteiger partial charge in [0.1, 0.15) is 11.1 Å². The fraction of sp³-hybridized carbons (Fsp3) is 0. The minimum Gasteiger partial charge on any atom is -0.450 e. The van der Waals surface area contributed by atoms with E-state index in [-0.39, 0.29) is 0 Å². The number of para-hydroxylation sites is 3. The van der Waals surface area contributed by atoms with Gasteiger partial charge in [0.2, 0.25) is 0 Å². The summed E-state index contributed by atoms with van der Waals surface area (Å²) in [4.78, 5) is 10.7. The summed E-state index contributed by atoms with van der Waals surface area (Å²) in [5, 5.41) is 13.0. The normalized spacial score (nSPS) is 12.5. The van der Waals surface area contributed by atoms with Crippen LogP contribution in [0.4, 0.5) is 0 Å². The summed E-state index contributed by atoms with van der Waals surface area (Å²) < 4.78 is 11.6. The molecule has 8 aromatic carbocycles. The van der Waals surface area contributed by atoms with Gasteiger partial charge in [-0.1, -0.05) is 109 Å². The number of hydrogen-bond donors (Lipinski definition) is 0. The molecule has 0 fully saturated rings. The smallest absolute Gasteiger partial charge is 0.197 e. The van der Waals surface area contributed by atoms with Gasteiger partial charge in [-0.2, -0.15) is 0 Å². The lowest BCUT2D eigenvalue weighted by Gasteiger charge is -2.11. The molecule has 0 radical (unpaired) electrons. The molecule has 5 heteroatoms. The van der Waals surface area contributed by atoms with Crippen LogP contribution in [0.15, 0.2) is 162 Å². The summed E-state index contributed by atoms with van der Waals surface area (Å²) in [6.45, 7) is 0. The zero-order chi connectivity index (χ0) is 34.4. The Hall–Kier alpha value is -7.24. The van der Waals surface area contributed by atoms with Crippen molar-refractivity contribution < 1.29 is 4.42 Å². The second kappa shape index (κ2) is 9.75. The van der Waals surface area contributed by atoms with Crippen LogP contribution in [0, 0.1) is 0 Å². The molecule has 5 aromatic heterocycles. The standard InChI is InChI=1S/C48H26N4O/c1-2-12-28-23-31(22-21-27(28)11-1)47-49-43-34-17-7-10-20-41(34)53-46(43)48(50-47)52-39-19-9-6-16-33(39)36-26-35-32-15-5-8-18-38(32)51-40-25-30-14-4-3-13-29(30)24-37(40)42(44(35)51)45(36)52/h1-26H.